The molecular weight excluding hydrogens is 344 g/mol. The van der Waals surface area contributed by atoms with Crippen LogP contribution in [0.1, 0.15) is 16.1 Å². The number of aromatic hydroxyl groups is 1. The van der Waals surface area contributed by atoms with Crippen molar-refractivity contribution in [1.29, 1.82) is 0 Å². The molecule has 1 heterocycles. The van der Waals surface area contributed by atoms with Crippen LogP contribution in [0.15, 0.2) is 53.9 Å². The molecule has 0 unspecified atom stereocenters. The highest BCUT2D eigenvalue weighted by atomic mass is 35.5. The zero-order valence-corrected chi connectivity index (χ0v) is 14.3. The van der Waals surface area contributed by atoms with Crippen molar-refractivity contribution in [2.24, 2.45) is 0 Å². The Morgan fingerprint density at radius 2 is 1.83 bits per heavy atom. The molecule has 0 spiro atoms. The maximum Gasteiger partial charge on any atom is 0.270 e. The number of aromatic nitrogens is 1. The average Bonchev–Trinajstić information content (AvgIpc) is 3.07. The van der Waals surface area contributed by atoms with Gasteiger partial charge in [-0.25, -0.2) is 4.98 Å². The molecule has 0 radical (unpaired) electrons. The van der Waals surface area contributed by atoms with E-state index in [1.54, 1.807) is 29.6 Å². The van der Waals surface area contributed by atoms with E-state index in [0.29, 0.717) is 23.7 Å². The maximum absolute atomic E-state index is 12.2. The number of nitrogens with one attached hydrogen (secondary N) is 1. The van der Waals surface area contributed by atoms with E-state index in [2.05, 4.69) is 10.3 Å². The number of amides is 1. The van der Waals surface area contributed by atoms with E-state index in [4.69, 9.17) is 11.6 Å². The van der Waals surface area contributed by atoms with Crippen LogP contribution in [-0.4, -0.2) is 22.5 Å². The van der Waals surface area contributed by atoms with Gasteiger partial charge in [-0.2, -0.15) is 0 Å². The number of phenols is 1. The first kappa shape index (κ1) is 16.5. The number of benzene rings is 2. The third-order valence-electron chi connectivity index (χ3n) is 3.46. The highest BCUT2D eigenvalue weighted by Gasteiger charge is 2.11. The third kappa shape index (κ3) is 4.13. The van der Waals surface area contributed by atoms with Gasteiger partial charge in [0.05, 0.1) is 0 Å². The quantitative estimate of drug-likeness (QED) is 0.720. The lowest BCUT2D eigenvalue weighted by molar-refractivity contribution is 0.0950. The largest absolute Gasteiger partial charge is 0.508 e. The summed E-state index contributed by atoms with van der Waals surface area (Å²) < 4.78 is 0. The Morgan fingerprint density at radius 3 is 2.54 bits per heavy atom. The van der Waals surface area contributed by atoms with Gasteiger partial charge < -0.3 is 10.4 Å². The fraction of sp³-hybridized carbons (Fsp3) is 0.111. The Morgan fingerprint density at radius 1 is 1.12 bits per heavy atom. The zero-order valence-electron chi connectivity index (χ0n) is 12.7. The topological polar surface area (TPSA) is 62.2 Å². The summed E-state index contributed by atoms with van der Waals surface area (Å²) in [7, 11) is 0. The van der Waals surface area contributed by atoms with Gasteiger partial charge in [-0.3, -0.25) is 4.79 Å². The van der Waals surface area contributed by atoms with Gasteiger partial charge in [-0.1, -0.05) is 35.9 Å². The number of carbonyl (C=O) groups is 1. The summed E-state index contributed by atoms with van der Waals surface area (Å²) in [5.41, 5.74) is 2.40. The average molecular weight is 359 g/mol. The number of rotatable bonds is 5. The molecule has 0 fully saturated rings. The van der Waals surface area contributed by atoms with Crippen molar-refractivity contribution in [2.75, 3.05) is 6.54 Å². The molecule has 0 aliphatic rings. The van der Waals surface area contributed by atoms with Gasteiger partial charge in [-0.15, -0.1) is 11.3 Å². The Labute approximate surface area is 148 Å². The summed E-state index contributed by atoms with van der Waals surface area (Å²) >= 11 is 7.30. The highest BCUT2D eigenvalue weighted by molar-refractivity contribution is 7.13. The predicted molar refractivity (Wildman–Crippen MR) is 96.7 cm³/mol. The lowest BCUT2D eigenvalue weighted by Crippen LogP contribution is -2.25. The van der Waals surface area contributed by atoms with E-state index in [-0.39, 0.29) is 11.7 Å². The number of hydrogen-bond donors (Lipinski definition) is 2. The van der Waals surface area contributed by atoms with Crippen LogP contribution in [0.25, 0.3) is 10.6 Å². The summed E-state index contributed by atoms with van der Waals surface area (Å²) in [6, 6.07) is 14.3. The number of carbonyl (C=O) groups excluding carboxylic acids is 1. The second kappa shape index (κ2) is 7.47. The van der Waals surface area contributed by atoms with E-state index in [1.165, 1.54) is 11.3 Å². The molecule has 0 saturated carbocycles. The molecule has 0 saturated heterocycles. The van der Waals surface area contributed by atoms with Crippen molar-refractivity contribution in [2.45, 2.75) is 6.42 Å². The van der Waals surface area contributed by atoms with Gasteiger partial charge in [0, 0.05) is 22.5 Å². The normalized spacial score (nSPS) is 10.5. The SMILES string of the molecule is O=C(NCCc1ccc(O)cc1)c1csc(-c2ccc(Cl)cc2)n1. The van der Waals surface area contributed by atoms with Crippen molar-refractivity contribution < 1.29 is 9.90 Å². The van der Waals surface area contributed by atoms with Crippen LogP contribution in [0.4, 0.5) is 0 Å². The van der Waals surface area contributed by atoms with Crippen LogP contribution in [0.2, 0.25) is 5.02 Å². The van der Waals surface area contributed by atoms with Gasteiger partial charge in [0.25, 0.3) is 5.91 Å². The van der Waals surface area contributed by atoms with Gasteiger partial charge in [0.2, 0.25) is 0 Å². The molecule has 3 aromatic rings. The highest BCUT2D eigenvalue weighted by Crippen LogP contribution is 2.25. The molecule has 0 aliphatic heterocycles. The monoisotopic (exact) mass is 358 g/mol. The number of thiazole rings is 1. The third-order valence-corrected chi connectivity index (χ3v) is 4.61. The molecule has 1 amide bonds. The van der Waals surface area contributed by atoms with Gasteiger partial charge in [-0.05, 0) is 36.2 Å². The molecule has 122 valence electrons. The molecule has 3 rings (SSSR count). The number of nitrogens with zero attached hydrogens (tertiary/aromatic N) is 1. The number of phenolic OH excluding ortho intramolecular Hbond substituents is 1. The van der Waals surface area contributed by atoms with Crippen LogP contribution < -0.4 is 5.32 Å². The smallest absolute Gasteiger partial charge is 0.270 e. The molecule has 2 aromatic carbocycles. The Kier molecular flexibility index (Phi) is 5.13. The molecule has 2 N–H and O–H groups in total. The van der Waals surface area contributed by atoms with Crippen molar-refractivity contribution in [3.8, 4) is 16.3 Å². The van der Waals surface area contributed by atoms with Crippen molar-refractivity contribution in [3.05, 3.63) is 70.2 Å². The minimum atomic E-state index is -0.190. The summed E-state index contributed by atoms with van der Waals surface area (Å²) in [5.74, 6) is 0.0465. The first-order valence-corrected chi connectivity index (χ1v) is 8.65. The molecular formula is C18H15ClN2O2S. The van der Waals surface area contributed by atoms with Crippen molar-refractivity contribution in [3.63, 3.8) is 0 Å². The van der Waals surface area contributed by atoms with E-state index >= 15 is 0 Å². The fourth-order valence-electron chi connectivity index (χ4n) is 2.18. The van der Waals surface area contributed by atoms with Crippen LogP contribution >= 0.6 is 22.9 Å². The summed E-state index contributed by atoms with van der Waals surface area (Å²) in [6.07, 6.45) is 0.695. The predicted octanol–water partition coefficient (Wildman–Crippen LogP) is 4.14. The van der Waals surface area contributed by atoms with E-state index in [9.17, 15) is 9.90 Å². The van der Waals surface area contributed by atoms with Crippen molar-refractivity contribution >= 4 is 28.8 Å². The summed E-state index contributed by atoms with van der Waals surface area (Å²) in [4.78, 5) is 16.5. The van der Waals surface area contributed by atoms with Crippen LogP contribution in [0.5, 0.6) is 5.75 Å². The molecule has 24 heavy (non-hydrogen) atoms. The lowest BCUT2D eigenvalue weighted by Gasteiger charge is -2.04. The summed E-state index contributed by atoms with van der Waals surface area (Å²) in [5, 5.41) is 15.3. The van der Waals surface area contributed by atoms with Crippen LogP contribution in [-0.2, 0) is 6.42 Å². The second-order valence-corrected chi connectivity index (χ2v) is 6.51. The Bertz CT molecular complexity index is 829. The molecule has 0 atom stereocenters. The standard InChI is InChI=1S/C18H15ClN2O2S/c19-14-5-3-13(4-6-14)18-21-16(11-24-18)17(23)20-10-9-12-1-7-15(22)8-2-12/h1-8,11,22H,9-10H2,(H,20,23). The lowest BCUT2D eigenvalue weighted by atomic mass is 10.1. The van der Waals surface area contributed by atoms with E-state index in [0.717, 1.165) is 16.1 Å². The van der Waals surface area contributed by atoms with Gasteiger partial charge in [0.15, 0.2) is 0 Å². The molecule has 6 heteroatoms. The van der Waals surface area contributed by atoms with Crippen LogP contribution in [0, 0.1) is 0 Å². The minimum Gasteiger partial charge on any atom is -0.508 e. The van der Waals surface area contributed by atoms with E-state index in [1.807, 2.05) is 24.3 Å². The molecule has 4 nitrogen and oxygen atoms in total. The number of halogens is 1. The second-order valence-electron chi connectivity index (χ2n) is 5.22. The molecule has 1 aromatic heterocycles. The fourth-order valence-corrected chi connectivity index (χ4v) is 3.11. The molecule has 0 bridgehead atoms. The summed E-state index contributed by atoms with van der Waals surface area (Å²) in [6.45, 7) is 0.511. The van der Waals surface area contributed by atoms with Crippen LogP contribution in [0.3, 0.4) is 0 Å². The Balaban J connectivity index is 1.57. The van der Waals surface area contributed by atoms with Gasteiger partial charge >= 0.3 is 0 Å². The first-order valence-electron chi connectivity index (χ1n) is 7.39. The number of hydrogen-bond acceptors (Lipinski definition) is 4. The molecule has 0 aliphatic carbocycles. The van der Waals surface area contributed by atoms with Gasteiger partial charge in [0.1, 0.15) is 16.5 Å². The Hall–Kier alpha value is -2.37. The maximum atomic E-state index is 12.2. The zero-order chi connectivity index (χ0) is 16.9. The first-order chi connectivity index (χ1) is 11.6. The minimum absolute atomic E-state index is 0.190. The van der Waals surface area contributed by atoms with Crippen molar-refractivity contribution in [1.82, 2.24) is 10.3 Å². The van der Waals surface area contributed by atoms with E-state index < -0.39 is 0 Å².